The Kier molecular flexibility index (Phi) is 5.89. The summed E-state index contributed by atoms with van der Waals surface area (Å²) in [6, 6.07) is 21.0. The fraction of sp³-hybridized carbons (Fsp3) is 0.333. The number of amides is 2. The Balaban J connectivity index is 1.75. The van der Waals surface area contributed by atoms with E-state index in [-0.39, 0.29) is 12.3 Å². The van der Waals surface area contributed by atoms with E-state index in [4.69, 9.17) is 14.2 Å². The molecule has 4 rings (SSSR count). The fourth-order valence-electron chi connectivity index (χ4n) is 4.12. The molecule has 2 atom stereocenters. The minimum atomic E-state index is -0.937. The second-order valence-corrected chi connectivity index (χ2v) is 9.43. The molecule has 0 radical (unpaired) electrons. The van der Waals surface area contributed by atoms with Crippen molar-refractivity contribution in [3.05, 3.63) is 77.9 Å². The van der Waals surface area contributed by atoms with Crippen LogP contribution in [0.15, 0.2) is 66.7 Å². The number of nitrogens with zero attached hydrogens (tertiary/aromatic N) is 1. The molecule has 1 heterocycles. The normalized spacial score (nSPS) is 21.2. The van der Waals surface area contributed by atoms with Gasteiger partial charge in [0.05, 0.1) is 13.5 Å². The van der Waals surface area contributed by atoms with E-state index in [9.17, 15) is 9.59 Å². The highest BCUT2D eigenvalue weighted by atomic mass is 16.6. The van der Waals surface area contributed by atoms with Crippen LogP contribution >= 0.6 is 0 Å². The van der Waals surface area contributed by atoms with Gasteiger partial charge < -0.3 is 14.2 Å². The van der Waals surface area contributed by atoms with Gasteiger partial charge in [-0.25, -0.2) is 9.69 Å². The molecule has 0 N–H and O–H groups in total. The van der Waals surface area contributed by atoms with Crippen molar-refractivity contribution in [1.29, 1.82) is 0 Å². The molecule has 3 aromatic carbocycles. The molecule has 1 saturated heterocycles. The first kappa shape index (κ1) is 22.8. The Morgan fingerprint density at radius 3 is 2.45 bits per heavy atom. The average Bonchev–Trinajstić information content (AvgIpc) is 2.77. The first-order chi connectivity index (χ1) is 15.6. The molecule has 0 saturated carbocycles. The van der Waals surface area contributed by atoms with Gasteiger partial charge in [0.25, 0.3) is 0 Å². The van der Waals surface area contributed by atoms with Crippen molar-refractivity contribution in [1.82, 2.24) is 4.90 Å². The summed E-state index contributed by atoms with van der Waals surface area (Å²) in [5.74, 6) is 0.431. The fourth-order valence-corrected chi connectivity index (χ4v) is 4.12. The van der Waals surface area contributed by atoms with Gasteiger partial charge in [0.15, 0.2) is 6.23 Å². The molecule has 1 unspecified atom stereocenters. The molecule has 0 aromatic heterocycles. The molecule has 1 aliphatic rings. The topological polar surface area (TPSA) is 65.1 Å². The molecule has 1 fully saturated rings. The van der Waals surface area contributed by atoms with Crippen LogP contribution in [-0.2, 0) is 19.9 Å². The van der Waals surface area contributed by atoms with Gasteiger partial charge in [-0.05, 0) is 50.8 Å². The lowest BCUT2D eigenvalue weighted by molar-refractivity contribution is -0.199. The number of rotatable bonds is 3. The minimum Gasteiger partial charge on any atom is -0.496 e. The molecule has 0 aliphatic carbocycles. The maximum atomic E-state index is 13.4. The number of carbonyl (C=O) groups excluding carboxylic acids is 2. The number of benzene rings is 3. The maximum absolute atomic E-state index is 13.4. The van der Waals surface area contributed by atoms with Crippen molar-refractivity contribution in [2.75, 3.05) is 7.11 Å². The first-order valence-corrected chi connectivity index (χ1v) is 11.0. The van der Waals surface area contributed by atoms with Gasteiger partial charge in [-0.15, -0.1) is 0 Å². The average molecular weight is 448 g/mol. The van der Waals surface area contributed by atoms with E-state index < -0.39 is 23.5 Å². The molecule has 6 nitrogen and oxygen atoms in total. The summed E-state index contributed by atoms with van der Waals surface area (Å²) in [7, 11) is 1.64. The van der Waals surface area contributed by atoms with Gasteiger partial charge in [-0.1, -0.05) is 54.6 Å². The number of imide groups is 1. The summed E-state index contributed by atoms with van der Waals surface area (Å²) in [4.78, 5) is 27.5. The van der Waals surface area contributed by atoms with Crippen LogP contribution in [0.3, 0.4) is 0 Å². The van der Waals surface area contributed by atoms with Crippen molar-refractivity contribution in [2.24, 2.45) is 0 Å². The summed E-state index contributed by atoms with van der Waals surface area (Å²) in [6.07, 6.45) is -1.62. The van der Waals surface area contributed by atoms with Crippen LogP contribution in [0.25, 0.3) is 10.8 Å². The molecule has 6 heteroatoms. The zero-order valence-corrected chi connectivity index (χ0v) is 19.6. The quantitative estimate of drug-likeness (QED) is 0.497. The summed E-state index contributed by atoms with van der Waals surface area (Å²) >= 11 is 0. The Labute approximate surface area is 194 Å². The van der Waals surface area contributed by atoms with Gasteiger partial charge in [-0.3, -0.25) is 4.79 Å². The van der Waals surface area contributed by atoms with Crippen LogP contribution in [0.2, 0.25) is 0 Å². The van der Waals surface area contributed by atoms with Crippen molar-refractivity contribution < 1.29 is 23.8 Å². The van der Waals surface area contributed by atoms with Crippen molar-refractivity contribution in [3.8, 4) is 5.75 Å². The second kappa shape index (κ2) is 8.52. The number of fused-ring (bicyclic) bond motifs is 1. The first-order valence-electron chi connectivity index (χ1n) is 11.0. The van der Waals surface area contributed by atoms with Gasteiger partial charge in [0.1, 0.15) is 17.0 Å². The molecule has 2 amide bonds. The summed E-state index contributed by atoms with van der Waals surface area (Å²) in [6.45, 7) is 7.19. The van der Waals surface area contributed by atoms with E-state index in [0.29, 0.717) is 5.56 Å². The third kappa shape index (κ3) is 4.57. The van der Waals surface area contributed by atoms with Crippen LogP contribution < -0.4 is 4.74 Å². The van der Waals surface area contributed by atoms with E-state index in [1.165, 1.54) is 0 Å². The van der Waals surface area contributed by atoms with Gasteiger partial charge >= 0.3 is 6.09 Å². The molecule has 3 aromatic rings. The monoisotopic (exact) mass is 447 g/mol. The van der Waals surface area contributed by atoms with Crippen LogP contribution in [0.5, 0.6) is 5.75 Å². The largest absolute Gasteiger partial charge is 0.496 e. The van der Waals surface area contributed by atoms with Gasteiger partial charge in [-0.2, -0.15) is 0 Å². The lowest BCUT2D eigenvalue weighted by Gasteiger charge is -2.44. The third-order valence-corrected chi connectivity index (χ3v) is 5.71. The Hall–Kier alpha value is -3.38. The third-order valence-electron chi connectivity index (χ3n) is 5.71. The predicted molar refractivity (Wildman–Crippen MR) is 126 cm³/mol. The molecule has 0 spiro atoms. The minimum absolute atomic E-state index is 0.00501. The van der Waals surface area contributed by atoms with E-state index in [2.05, 4.69) is 0 Å². The SMILES string of the molecule is COc1cccc2cc(C3(C)CC(=O)N(C(=O)OC(C)(C)C)[C@@H](c4ccccc4)O3)ccc12. The van der Waals surface area contributed by atoms with E-state index >= 15 is 0 Å². The van der Waals surface area contributed by atoms with E-state index in [1.54, 1.807) is 27.9 Å². The Bertz CT molecular complexity index is 1180. The smallest absolute Gasteiger partial charge is 0.419 e. The van der Waals surface area contributed by atoms with E-state index in [1.807, 2.05) is 73.7 Å². The predicted octanol–water partition coefficient (Wildman–Crippen LogP) is 5.95. The van der Waals surface area contributed by atoms with Crippen molar-refractivity contribution in [2.45, 2.75) is 51.5 Å². The molecule has 33 heavy (non-hydrogen) atoms. The molecular weight excluding hydrogens is 418 g/mol. The highest BCUT2D eigenvalue weighted by Gasteiger charge is 2.47. The Morgan fingerprint density at radius 2 is 1.79 bits per heavy atom. The highest BCUT2D eigenvalue weighted by Crippen LogP contribution is 2.43. The summed E-state index contributed by atoms with van der Waals surface area (Å²) < 4.78 is 17.5. The molecule has 1 aliphatic heterocycles. The zero-order chi connectivity index (χ0) is 23.8. The molecule has 0 bridgehead atoms. The van der Waals surface area contributed by atoms with Crippen molar-refractivity contribution in [3.63, 3.8) is 0 Å². The zero-order valence-electron chi connectivity index (χ0n) is 19.6. The van der Waals surface area contributed by atoms with Crippen molar-refractivity contribution >= 4 is 22.8 Å². The standard InChI is InChI=1S/C27H29NO5/c1-26(2,3)33-25(30)28-23(29)17-27(4,32-24(28)18-10-7-6-8-11-18)20-14-15-21-19(16-20)12-9-13-22(21)31-5/h6-16,24H,17H2,1-5H3/t24-,27?/m1/s1. The number of methoxy groups -OCH3 is 1. The molecule has 172 valence electrons. The van der Waals surface area contributed by atoms with Crippen LogP contribution in [0, 0.1) is 0 Å². The number of carbonyl (C=O) groups is 2. The van der Waals surface area contributed by atoms with Crippen LogP contribution in [0.1, 0.15) is 51.5 Å². The number of hydrogen-bond acceptors (Lipinski definition) is 5. The van der Waals surface area contributed by atoms with Crippen LogP contribution in [0.4, 0.5) is 4.79 Å². The van der Waals surface area contributed by atoms with E-state index in [0.717, 1.165) is 27.0 Å². The second-order valence-electron chi connectivity index (χ2n) is 9.43. The summed E-state index contributed by atoms with van der Waals surface area (Å²) in [5.41, 5.74) is -0.129. The lowest BCUT2D eigenvalue weighted by Crippen LogP contribution is -2.52. The van der Waals surface area contributed by atoms with Gasteiger partial charge in [0, 0.05) is 10.9 Å². The lowest BCUT2D eigenvalue weighted by atomic mass is 9.88. The Morgan fingerprint density at radius 1 is 1.06 bits per heavy atom. The van der Waals surface area contributed by atoms with Gasteiger partial charge in [0.2, 0.25) is 5.91 Å². The summed E-state index contributed by atoms with van der Waals surface area (Å²) in [5, 5.41) is 1.96. The molecular formula is C27H29NO5. The highest BCUT2D eigenvalue weighted by molar-refractivity contribution is 5.94. The number of hydrogen-bond donors (Lipinski definition) is 0. The number of ether oxygens (including phenoxy) is 3. The maximum Gasteiger partial charge on any atom is 0.419 e. The van der Waals surface area contributed by atoms with Crippen LogP contribution in [-0.4, -0.2) is 29.6 Å².